The van der Waals surface area contributed by atoms with Gasteiger partial charge < -0.3 is 19.7 Å². The van der Waals surface area contributed by atoms with Gasteiger partial charge in [0.2, 0.25) is 15.9 Å². The van der Waals surface area contributed by atoms with Gasteiger partial charge in [0.25, 0.3) is 5.56 Å². The third kappa shape index (κ3) is 5.82. The van der Waals surface area contributed by atoms with Gasteiger partial charge in [-0.15, -0.1) is 0 Å². The van der Waals surface area contributed by atoms with Crippen LogP contribution in [0.1, 0.15) is 20.8 Å². The molecule has 1 amide bonds. The van der Waals surface area contributed by atoms with Crippen LogP contribution in [0.25, 0.3) is 0 Å². The van der Waals surface area contributed by atoms with Crippen molar-refractivity contribution in [1.29, 1.82) is 0 Å². The molecule has 10 heteroatoms. The lowest BCUT2D eigenvalue weighted by molar-refractivity contribution is -0.116. The van der Waals surface area contributed by atoms with Crippen LogP contribution in [0.3, 0.4) is 0 Å². The molecule has 1 N–H and O–H groups in total. The minimum Gasteiger partial charge on any atom is -0.367 e. The number of nitrogens with one attached hydrogen (secondary N) is 1. The fourth-order valence-corrected chi connectivity index (χ4v) is 5.48. The second-order valence-corrected chi connectivity index (χ2v) is 9.84. The minimum absolute atomic E-state index is 0.00667. The molecule has 180 valence electrons. The predicted molar refractivity (Wildman–Crippen MR) is 130 cm³/mol. The highest BCUT2D eigenvalue weighted by molar-refractivity contribution is 7.89. The van der Waals surface area contributed by atoms with Crippen molar-refractivity contribution < 1.29 is 13.2 Å². The Morgan fingerprint density at radius 1 is 1.00 bits per heavy atom. The molecular weight excluding hydrogens is 442 g/mol. The van der Waals surface area contributed by atoms with Gasteiger partial charge in [0.1, 0.15) is 6.54 Å². The average Bonchev–Trinajstić information content (AvgIpc) is 2.81. The summed E-state index contributed by atoms with van der Waals surface area (Å²) in [7, 11) is -3.73. The molecule has 2 aromatic rings. The van der Waals surface area contributed by atoms with Crippen LogP contribution in [-0.4, -0.2) is 73.9 Å². The number of likely N-dealkylation sites (N-methyl/N-ethyl adjacent to an activating group) is 1. The lowest BCUT2D eigenvalue weighted by Gasteiger charge is -2.36. The van der Waals surface area contributed by atoms with Gasteiger partial charge in [0.05, 0.1) is 16.3 Å². The van der Waals surface area contributed by atoms with Gasteiger partial charge in [0.15, 0.2) is 0 Å². The molecule has 33 heavy (non-hydrogen) atoms. The number of benzene rings is 1. The number of anilines is 2. The summed E-state index contributed by atoms with van der Waals surface area (Å²) >= 11 is 0. The standard InChI is InChI=1S/C23H33N5O4S/c1-4-25-13-15-26(16-14-25)21-10-8-7-9-20(21)24-22(29)18-27-17-19(11-12-23(27)30)33(31,32)28(5-2)6-3/h7-12,17H,4-6,13-16,18H2,1-3H3,(H,24,29). The van der Waals surface area contributed by atoms with Crippen molar-refractivity contribution >= 4 is 27.3 Å². The van der Waals surface area contributed by atoms with Gasteiger partial charge in [-0.3, -0.25) is 9.59 Å². The Bertz CT molecular complexity index is 1120. The summed E-state index contributed by atoms with van der Waals surface area (Å²) in [5.41, 5.74) is 1.17. The van der Waals surface area contributed by atoms with Crippen LogP contribution in [0.2, 0.25) is 0 Å². The highest BCUT2D eigenvalue weighted by Gasteiger charge is 2.23. The zero-order chi connectivity index (χ0) is 24.0. The van der Waals surface area contributed by atoms with Gasteiger partial charge in [-0.1, -0.05) is 32.9 Å². The van der Waals surface area contributed by atoms with Gasteiger partial charge >= 0.3 is 0 Å². The fraction of sp³-hybridized carbons (Fsp3) is 0.478. The number of sulfonamides is 1. The van der Waals surface area contributed by atoms with Crippen molar-refractivity contribution in [3.05, 3.63) is 52.9 Å². The van der Waals surface area contributed by atoms with Gasteiger partial charge in [-0.2, -0.15) is 4.31 Å². The van der Waals surface area contributed by atoms with Gasteiger partial charge in [-0.05, 0) is 24.7 Å². The summed E-state index contributed by atoms with van der Waals surface area (Å²) in [6, 6.07) is 10.1. The lowest BCUT2D eigenvalue weighted by Crippen LogP contribution is -2.46. The largest absolute Gasteiger partial charge is 0.367 e. The number of nitrogens with zero attached hydrogens (tertiary/aromatic N) is 4. The maximum atomic E-state index is 12.8. The van der Waals surface area contributed by atoms with Crippen molar-refractivity contribution in [2.75, 3.05) is 56.0 Å². The van der Waals surface area contributed by atoms with Gasteiger partial charge in [0, 0.05) is 51.5 Å². The number of hydrogen-bond acceptors (Lipinski definition) is 6. The van der Waals surface area contributed by atoms with Crippen LogP contribution in [0.15, 0.2) is 52.3 Å². The van der Waals surface area contributed by atoms with E-state index in [0.717, 1.165) is 43.0 Å². The molecule has 0 unspecified atom stereocenters. The molecule has 3 rings (SSSR count). The van der Waals surface area contributed by atoms with E-state index >= 15 is 0 Å². The second kappa shape index (κ2) is 11.0. The molecule has 1 fully saturated rings. The first-order valence-corrected chi connectivity index (χ1v) is 12.8. The quantitative estimate of drug-likeness (QED) is 0.593. The lowest BCUT2D eigenvalue weighted by atomic mass is 10.2. The van der Waals surface area contributed by atoms with Crippen LogP contribution in [0.4, 0.5) is 11.4 Å². The van der Waals surface area contributed by atoms with Crippen molar-refractivity contribution in [1.82, 2.24) is 13.8 Å². The van der Waals surface area contributed by atoms with Crippen molar-refractivity contribution in [2.45, 2.75) is 32.2 Å². The molecule has 0 atom stereocenters. The Labute approximate surface area is 195 Å². The van der Waals surface area contributed by atoms with E-state index in [1.165, 1.54) is 22.6 Å². The van der Waals surface area contributed by atoms with E-state index in [9.17, 15) is 18.0 Å². The summed E-state index contributed by atoms with van der Waals surface area (Å²) in [5, 5.41) is 2.90. The van der Waals surface area contributed by atoms with Crippen LogP contribution >= 0.6 is 0 Å². The minimum atomic E-state index is -3.73. The highest BCUT2D eigenvalue weighted by atomic mass is 32.2. The predicted octanol–water partition coefficient (Wildman–Crippen LogP) is 1.66. The van der Waals surface area contributed by atoms with E-state index in [-0.39, 0.29) is 11.4 Å². The van der Waals surface area contributed by atoms with Crippen molar-refractivity contribution in [3.63, 3.8) is 0 Å². The number of pyridine rings is 1. The molecule has 1 saturated heterocycles. The number of piperazine rings is 1. The Kier molecular flexibility index (Phi) is 8.28. The second-order valence-electron chi connectivity index (χ2n) is 7.91. The Morgan fingerprint density at radius 2 is 1.67 bits per heavy atom. The molecule has 0 radical (unpaired) electrons. The third-order valence-corrected chi connectivity index (χ3v) is 7.99. The molecular formula is C23H33N5O4S. The first-order valence-electron chi connectivity index (χ1n) is 11.4. The third-order valence-electron chi connectivity index (χ3n) is 5.95. The number of carbonyl (C=O) groups is 1. The van der Waals surface area contributed by atoms with Crippen LogP contribution in [0.5, 0.6) is 0 Å². The van der Waals surface area contributed by atoms with Crippen molar-refractivity contribution in [3.8, 4) is 0 Å². The Morgan fingerprint density at radius 3 is 2.30 bits per heavy atom. The summed E-state index contributed by atoms with van der Waals surface area (Å²) in [6.45, 7) is 10.7. The molecule has 0 spiro atoms. The van der Waals surface area contributed by atoms with E-state index < -0.39 is 21.5 Å². The number of para-hydroxylation sites is 2. The van der Waals surface area contributed by atoms with Crippen LogP contribution in [0, 0.1) is 0 Å². The SMILES string of the molecule is CCN1CCN(c2ccccc2NC(=O)Cn2cc(S(=O)(=O)N(CC)CC)ccc2=O)CC1. The maximum Gasteiger partial charge on any atom is 0.251 e. The number of hydrogen-bond donors (Lipinski definition) is 1. The molecule has 1 aromatic heterocycles. The Balaban J connectivity index is 1.77. The van der Waals surface area contributed by atoms with E-state index in [1.54, 1.807) is 13.8 Å². The summed E-state index contributed by atoms with van der Waals surface area (Å²) in [4.78, 5) is 29.8. The number of rotatable bonds is 9. The first-order chi connectivity index (χ1) is 15.8. The zero-order valence-electron chi connectivity index (χ0n) is 19.5. The molecule has 0 aliphatic carbocycles. The summed E-state index contributed by atoms with van der Waals surface area (Å²) < 4.78 is 28.0. The molecule has 1 aliphatic rings. The maximum absolute atomic E-state index is 12.8. The zero-order valence-corrected chi connectivity index (χ0v) is 20.3. The molecule has 0 saturated carbocycles. The molecule has 1 aromatic carbocycles. The first kappa shape index (κ1) is 24.9. The van der Waals surface area contributed by atoms with Crippen molar-refractivity contribution in [2.24, 2.45) is 0 Å². The monoisotopic (exact) mass is 475 g/mol. The highest BCUT2D eigenvalue weighted by Crippen LogP contribution is 2.26. The summed E-state index contributed by atoms with van der Waals surface area (Å²) in [6.07, 6.45) is 1.24. The van der Waals surface area contributed by atoms with E-state index in [2.05, 4.69) is 22.0 Å². The number of amides is 1. The smallest absolute Gasteiger partial charge is 0.251 e. The fourth-order valence-electron chi connectivity index (χ4n) is 4.00. The molecule has 9 nitrogen and oxygen atoms in total. The average molecular weight is 476 g/mol. The molecule has 2 heterocycles. The Hall–Kier alpha value is -2.69. The van der Waals surface area contributed by atoms with E-state index in [1.807, 2.05) is 24.3 Å². The van der Waals surface area contributed by atoms with Crippen LogP contribution in [-0.2, 0) is 21.4 Å². The van der Waals surface area contributed by atoms with E-state index in [0.29, 0.717) is 18.8 Å². The van der Waals surface area contributed by atoms with Crippen LogP contribution < -0.4 is 15.8 Å². The molecule has 0 bridgehead atoms. The number of aromatic nitrogens is 1. The summed E-state index contributed by atoms with van der Waals surface area (Å²) in [5.74, 6) is -0.394. The normalized spacial score (nSPS) is 15.1. The topological polar surface area (TPSA) is 95.0 Å². The van der Waals surface area contributed by atoms with E-state index in [4.69, 9.17) is 0 Å². The number of carbonyl (C=O) groups excluding carboxylic acids is 1. The molecule has 1 aliphatic heterocycles. The van der Waals surface area contributed by atoms with Gasteiger partial charge in [-0.25, -0.2) is 8.42 Å².